The fraction of sp³-hybridized carbons (Fsp3) is 0.565. The highest BCUT2D eigenvalue weighted by atomic mass is 127. The largest absolute Gasteiger partial charge is 0.491 e. The van der Waals surface area contributed by atoms with E-state index >= 15 is 0 Å². The second kappa shape index (κ2) is 11.3. The lowest BCUT2D eigenvalue weighted by atomic mass is 9.77. The Bertz CT molecular complexity index is 643. The minimum Gasteiger partial charge on any atom is -0.491 e. The van der Waals surface area contributed by atoms with Crippen molar-refractivity contribution in [3.63, 3.8) is 0 Å². The summed E-state index contributed by atoms with van der Waals surface area (Å²) in [5, 5.41) is 19.1. The van der Waals surface area contributed by atoms with Gasteiger partial charge >= 0.3 is 0 Å². The van der Waals surface area contributed by atoms with Crippen molar-refractivity contribution >= 4 is 22.6 Å². The number of allylic oxidation sites excluding steroid dienone is 2. The predicted octanol–water partition coefficient (Wildman–Crippen LogP) is 4.49. The van der Waals surface area contributed by atoms with Gasteiger partial charge in [-0.1, -0.05) is 24.3 Å². The van der Waals surface area contributed by atoms with E-state index in [4.69, 9.17) is 14.6 Å². The molecule has 4 nitrogen and oxygen atoms in total. The third-order valence-corrected chi connectivity index (χ3v) is 6.35. The van der Waals surface area contributed by atoms with Crippen LogP contribution in [0.3, 0.4) is 0 Å². The lowest BCUT2D eigenvalue weighted by molar-refractivity contribution is 0.0898. The number of halogens is 1. The van der Waals surface area contributed by atoms with Gasteiger partial charge < -0.3 is 19.7 Å². The average molecular weight is 498 g/mol. The van der Waals surface area contributed by atoms with Crippen molar-refractivity contribution in [1.29, 1.82) is 0 Å². The van der Waals surface area contributed by atoms with Crippen LogP contribution in [0.5, 0.6) is 5.75 Å². The Hall–Kier alpha value is -0.890. The van der Waals surface area contributed by atoms with Crippen LogP contribution in [0.15, 0.2) is 48.6 Å². The monoisotopic (exact) mass is 498 g/mol. The van der Waals surface area contributed by atoms with Gasteiger partial charge in [0.25, 0.3) is 0 Å². The first-order valence-electron chi connectivity index (χ1n) is 10.3. The number of aliphatic hydroxyl groups excluding tert-OH is 2. The maximum Gasteiger partial charge on any atom is 0.119 e. The van der Waals surface area contributed by atoms with Gasteiger partial charge in [0.15, 0.2) is 0 Å². The molecule has 0 aliphatic carbocycles. The maximum atomic E-state index is 10.3. The molecule has 2 aliphatic heterocycles. The molecule has 2 fully saturated rings. The normalized spacial score (nSPS) is 27.8. The molecular weight excluding hydrogens is 467 g/mol. The summed E-state index contributed by atoms with van der Waals surface area (Å²) in [7, 11) is 0. The lowest BCUT2D eigenvalue weighted by Crippen LogP contribution is -2.26. The number of benzene rings is 1. The van der Waals surface area contributed by atoms with Crippen LogP contribution in [0.25, 0.3) is 0 Å². The summed E-state index contributed by atoms with van der Waals surface area (Å²) in [6.07, 6.45) is 14.8. The quantitative estimate of drug-likeness (QED) is 0.268. The number of aliphatic hydroxyl groups is 2. The van der Waals surface area contributed by atoms with Gasteiger partial charge in [-0.05, 0) is 91.3 Å². The summed E-state index contributed by atoms with van der Waals surface area (Å²) in [4.78, 5) is 0. The molecule has 5 heteroatoms. The second-order valence-corrected chi connectivity index (χ2v) is 8.92. The molecule has 5 atom stereocenters. The maximum absolute atomic E-state index is 10.3. The van der Waals surface area contributed by atoms with Gasteiger partial charge in [0, 0.05) is 16.1 Å². The van der Waals surface area contributed by atoms with E-state index in [-0.39, 0.29) is 13.2 Å². The number of hydrogen-bond donors (Lipinski definition) is 2. The van der Waals surface area contributed by atoms with E-state index < -0.39 is 6.10 Å². The standard InChI is InChI=1S/C23H31IO4/c24-17-7-10-19(11-8-17)27-16-18(26)9-12-21-20(22-13-14-23(21)28-22)6-4-2-1-3-5-15-25/h2,4,7-12,18,20-23,25-26H,1,3,5-6,13-16H2/b4-2-,12-9+/t18-,20-,21-,22+,23-/m1/s1. The molecule has 2 N–H and O–H groups in total. The summed E-state index contributed by atoms with van der Waals surface area (Å²) >= 11 is 2.26. The second-order valence-electron chi connectivity index (χ2n) is 7.68. The van der Waals surface area contributed by atoms with Crippen LogP contribution >= 0.6 is 22.6 Å². The van der Waals surface area contributed by atoms with Gasteiger partial charge in [0.05, 0.1) is 12.2 Å². The van der Waals surface area contributed by atoms with Crippen molar-refractivity contribution in [2.24, 2.45) is 11.8 Å². The third kappa shape index (κ3) is 6.31. The highest BCUT2D eigenvalue weighted by Crippen LogP contribution is 2.45. The van der Waals surface area contributed by atoms with Gasteiger partial charge in [-0.15, -0.1) is 0 Å². The lowest BCUT2D eigenvalue weighted by Gasteiger charge is -2.25. The van der Waals surface area contributed by atoms with Crippen molar-refractivity contribution < 1.29 is 19.7 Å². The summed E-state index contributed by atoms with van der Waals surface area (Å²) in [6, 6.07) is 7.83. The molecule has 0 spiro atoms. The third-order valence-electron chi connectivity index (χ3n) is 5.63. The molecule has 154 valence electrons. The summed E-state index contributed by atoms with van der Waals surface area (Å²) in [5.41, 5.74) is 0. The molecule has 2 bridgehead atoms. The Morgan fingerprint density at radius 2 is 1.93 bits per heavy atom. The number of ether oxygens (including phenoxy) is 2. The van der Waals surface area contributed by atoms with E-state index in [1.807, 2.05) is 30.3 Å². The smallest absolute Gasteiger partial charge is 0.119 e. The van der Waals surface area contributed by atoms with Gasteiger partial charge in [-0.3, -0.25) is 0 Å². The summed E-state index contributed by atoms with van der Waals surface area (Å²) in [5.74, 6) is 1.64. The van der Waals surface area contributed by atoms with Crippen LogP contribution in [-0.2, 0) is 4.74 Å². The van der Waals surface area contributed by atoms with Crippen LogP contribution in [0.4, 0.5) is 0 Å². The minimum atomic E-state index is -0.618. The van der Waals surface area contributed by atoms with Gasteiger partial charge in [-0.2, -0.15) is 0 Å². The minimum absolute atomic E-state index is 0.258. The molecule has 2 heterocycles. The molecule has 0 radical (unpaired) electrons. The SMILES string of the molecule is OCCCC/C=C\C[C@@H]1[C@@H](/C=C/[C@@H](O)COc2ccc(I)cc2)[C@H]2CC[C@@H]1O2. The van der Waals surface area contributed by atoms with Crippen molar-refractivity contribution in [3.8, 4) is 5.75 Å². The number of unbranched alkanes of at least 4 members (excludes halogenated alkanes) is 2. The number of rotatable bonds is 11. The Labute approximate surface area is 181 Å². The number of hydrogen-bond acceptors (Lipinski definition) is 4. The zero-order valence-electron chi connectivity index (χ0n) is 16.3. The molecule has 0 saturated carbocycles. The van der Waals surface area contributed by atoms with Crippen molar-refractivity contribution in [1.82, 2.24) is 0 Å². The summed E-state index contributed by atoms with van der Waals surface area (Å²) < 4.78 is 13.0. The molecule has 2 aliphatic rings. The Morgan fingerprint density at radius 1 is 1.14 bits per heavy atom. The molecule has 0 amide bonds. The van der Waals surface area contributed by atoms with Crippen LogP contribution in [0.2, 0.25) is 0 Å². The molecular formula is C23H31IO4. The summed E-state index contributed by atoms with van der Waals surface area (Å²) in [6.45, 7) is 0.532. The van der Waals surface area contributed by atoms with Crippen molar-refractivity contribution in [3.05, 3.63) is 52.1 Å². The van der Waals surface area contributed by atoms with Crippen molar-refractivity contribution in [2.75, 3.05) is 13.2 Å². The first-order chi connectivity index (χ1) is 13.7. The first-order valence-corrected chi connectivity index (χ1v) is 11.4. The van der Waals surface area contributed by atoms with Crippen LogP contribution in [0, 0.1) is 15.4 Å². The van der Waals surface area contributed by atoms with Crippen molar-refractivity contribution in [2.45, 2.75) is 56.8 Å². The van der Waals surface area contributed by atoms with Gasteiger partial charge in [0.2, 0.25) is 0 Å². The zero-order chi connectivity index (χ0) is 19.8. The van der Waals surface area contributed by atoms with Crippen LogP contribution < -0.4 is 4.74 Å². The molecule has 2 saturated heterocycles. The number of fused-ring (bicyclic) bond motifs is 2. The van der Waals surface area contributed by atoms with E-state index in [9.17, 15) is 5.11 Å². The zero-order valence-corrected chi connectivity index (χ0v) is 18.4. The first kappa shape index (κ1) is 21.8. The van der Waals surface area contributed by atoms with E-state index in [1.54, 1.807) is 0 Å². The molecule has 0 unspecified atom stereocenters. The molecule has 0 aromatic heterocycles. The average Bonchev–Trinajstić information content (AvgIpc) is 3.30. The van der Waals surface area contributed by atoms with Gasteiger partial charge in [0.1, 0.15) is 18.5 Å². The topological polar surface area (TPSA) is 58.9 Å². The predicted molar refractivity (Wildman–Crippen MR) is 119 cm³/mol. The molecule has 28 heavy (non-hydrogen) atoms. The Balaban J connectivity index is 1.47. The Morgan fingerprint density at radius 3 is 2.71 bits per heavy atom. The van der Waals surface area contributed by atoms with E-state index in [0.29, 0.717) is 24.0 Å². The molecule has 3 rings (SSSR count). The van der Waals surface area contributed by atoms with E-state index in [2.05, 4.69) is 40.8 Å². The van der Waals surface area contributed by atoms with E-state index in [1.165, 1.54) is 0 Å². The highest BCUT2D eigenvalue weighted by Gasteiger charge is 2.46. The van der Waals surface area contributed by atoms with Crippen LogP contribution in [-0.4, -0.2) is 41.7 Å². The fourth-order valence-electron chi connectivity index (χ4n) is 4.16. The van der Waals surface area contributed by atoms with Crippen LogP contribution in [0.1, 0.15) is 38.5 Å². The Kier molecular flexibility index (Phi) is 8.83. The highest BCUT2D eigenvalue weighted by molar-refractivity contribution is 14.1. The fourth-order valence-corrected chi connectivity index (χ4v) is 4.52. The van der Waals surface area contributed by atoms with E-state index in [0.717, 1.165) is 47.8 Å². The van der Waals surface area contributed by atoms with Gasteiger partial charge in [-0.25, -0.2) is 0 Å². The molecule has 1 aromatic carbocycles. The molecule has 1 aromatic rings.